The standard InChI is InChI=1S/C21H22N2O3/c1-14-4-2-5-15(10-14)16-6-3-9-23(12-16)21(25)22-18-7-8-19-17(11-18)13-26-20(19)24/h2,4-5,7-8,10-11,16H,3,6,9,12-13H2,1H3,(H,22,25)/t16-/m1/s1. The predicted octanol–water partition coefficient (Wildman–Crippen LogP) is 4.08. The quantitative estimate of drug-likeness (QED) is 0.831. The zero-order valence-electron chi connectivity index (χ0n) is 14.8. The van der Waals surface area contributed by atoms with Crippen molar-refractivity contribution < 1.29 is 14.3 Å². The molecule has 2 aliphatic rings. The summed E-state index contributed by atoms with van der Waals surface area (Å²) in [5.41, 5.74) is 4.66. The zero-order chi connectivity index (χ0) is 18.1. The second kappa shape index (κ2) is 6.83. The number of fused-ring (bicyclic) bond motifs is 1. The monoisotopic (exact) mass is 350 g/mol. The Morgan fingerprint density at radius 2 is 2.12 bits per heavy atom. The van der Waals surface area contributed by atoms with E-state index in [1.807, 2.05) is 11.0 Å². The molecular weight excluding hydrogens is 328 g/mol. The number of hydrogen-bond donors (Lipinski definition) is 1. The lowest BCUT2D eigenvalue weighted by atomic mass is 9.90. The second-order valence-electron chi connectivity index (χ2n) is 7.08. The van der Waals surface area contributed by atoms with Crippen LogP contribution in [0.25, 0.3) is 0 Å². The molecule has 2 heterocycles. The van der Waals surface area contributed by atoms with Crippen LogP contribution in [0.15, 0.2) is 42.5 Å². The fraction of sp³-hybridized carbons (Fsp3) is 0.333. The summed E-state index contributed by atoms with van der Waals surface area (Å²) >= 11 is 0. The van der Waals surface area contributed by atoms with Gasteiger partial charge in [-0.1, -0.05) is 29.8 Å². The topological polar surface area (TPSA) is 58.6 Å². The van der Waals surface area contributed by atoms with E-state index in [1.165, 1.54) is 11.1 Å². The van der Waals surface area contributed by atoms with E-state index in [0.29, 0.717) is 17.2 Å². The zero-order valence-corrected chi connectivity index (χ0v) is 14.8. The van der Waals surface area contributed by atoms with Crippen molar-refractivity contribution in [3.63, 3.8) is 0 Å². The smallest absolute Gasteiger partial charge is 0.338 e. The normalized spacial score (nSPS) is 19.0. The number of nitrogens with one attached hydrogen (secondary N) is 1. The van der Waals surface area contributed by atoms with Gasteiger partial charge >= 0.3 is 12.0 Å². The number of hydrogen-bond acceptors (Lipinski definition) is 3. The van der Waals surface area contributed by atoms with Crippen molar-refractivity contribution in [3.05, 3.63) is 64.7 Å². The largest absolute Gasteiger partial charge is 0.457 e. The van der Waals surface area contributed by atoms with Crippen LogP contribution in [0.1, 0.15) is 45.8 Å². The van der Waals surface area contributed by atoms with E-state index in [1.54, 1.807) is 12.1 Å². The third-order valence-corrected chi connectivity index (χ3v) is 5.16. The minimum Gasteiger partial charge on any atom is -0.457 e. The number of carbonyl (C=O) groups is 2. The van der Waals surface area contributed by atoms with Gasteiger partial charge in [0.05, 0.1) is 5.56 Å². The lowest BCUT2D eigenvalue weighted by Gasteiger charge is -2.33. The maximum atomic E-state index is 12.7. The van der Waals surface area contributed by atoms with Gasteiger partial charge in [-0.3, -0.25) is 0 Å². The average molecular weight is 350 g/mol. The molecule has 0 spiro atoms. The molecule has 1 saturated heterocycles. The van der Waals surface area contributed by atoms with Crippen LogP contribution in [0.2, 0.25) is 0 Å². The summed E-state index contributed by atoms with van der Waals surface area (Å²) in [4.78, 5) is 26.1. The van der Waals surface area contributed by atoms with Crippen LogP contribution in [0.3, 0.4) is 0 Å². The first kappa shape index (κ1) is 16.6. The number of urea groups is 1. The SMILES string of the molecule is Cc1cccc([C@@H]2CCCN(C(=O)Nc3ccc4c(c3)COC4=O)C2)c1. The molecule has 0 aromatic heterocycles. The number of amides is 2. The number of carbonyl (C=O) groups excluding carboxylic acids is 2. The number of cyclic esters (lactones) is 1. The summed E-state index contributed by atoms with van der Waals surface area (Å²) in [7, 11) is 0. The fourth-order valence-corrected chi connectivity index (χ4v) is 3.77. The lowest BCUT2D eigenvalue weighted by Crippen LogP contribution is -2.41. The molecule has 2 aromatic rings. The van der Waals surface area contributed by atoms with Crippen molar-refractivity contribution in [2.45, 2.75) is 32.3 Å². The number of aryl methyl sites for hydroxylation is 1. The predicted molar refractivity (Wildman–Crippen MR) is 99.3 cm³/mol. The highest BCUT2D eigenvalue weighted by Gasteiger charge is 2.26. The molecule has 1 N–H and O–H groups in total. The molecule has 0 saturated carbocycles. The molecule has 1 atom stereocenters. The number of anilines is 1. The number of esters is 1. The molecule has 0 unspecified atom stereocenters. The molecule has 2 aromatic carbocycles. The molecule has 5 heteroatoms. The minimum atomic E-state index is -0.296. The van der Waals surface area contributed by atoms with E-state index in [4.69, 9.17) is 4.74 Å². The lowest BCUT2D eigenvalue weighted by molar-refractivity contribution is 0.0535. The Kier molecular flexibility index (Phi) is 4.37. The molecule has 0 aliphatic carbocycles. The van der Waals surface area contributed by atoms with Crippen LogP contribution in [0.5, 0.6) is 0 Å². The summed E-state index contributed by atoms with van der Waals surface area (Å²) in [6.07, 6.45) is 2.10. The molecule has 26 heavy (non-hydrogen) atoms. The van der Waals surface area contributed by atoms with Gasteiger partial charge in [0.25, 0.3) is 0 Å². The highest BCUT2D eigenvalue weighted by atomic mass is 16.5. The van der Waals surface area contributed by atoms with Crippen LogP contribution < -0.4 is 5.32 Å². The number of nitrogens with zero attached hydrogens (tertiary/aromatic N) is 1. The fourth-order valence-electron chi connectivity index (χ4n) is 3.77. The molecular formula is C21H22N2O3. The first-order chi connectivity index (χ1) is 12.6. The first-order valence-electron chi connectivity index (χ1n) is 9.03. The van der Waals surface area contributed by atoms with Gasteiger partial charge in [-0.25, -0.2) is 9.59 Å². The van der Waals surface area contributed by atoms with Crippen molar-refractivity contribution >= 4 is 17.7 Å². The maximum absolute atomic E-state index is 12.7. The molecule has 1 fully saturated rings. The van der Waals surface area contributed by atoms with Crippen LogP contribution in [-0.4, -0.2) is 30.0 Å². The summed E-state index contributed by atoms with van der Waals surface area (Å²) < 4.78 is 5.01. The number of ether oxygens (including phenoxy) is 1. The van der Waals surface area contributed by atoms with Gasteiger partial charge in [-0.05, 0) is 43.5 Å². The van der Waals surface area contributed by atoms with Crippen LogP contribution in [0, 0.1) is 6.92 Å². The molecule has 2 amide bonds. The van der Waals surface area contributed by atoms with E-state index in [2.05, 4.69) is 36.5 Å². The first-order valence-corrected chi connectivity index (χ1v) is 9.03. The second-order valence-corrected chi connectivity index (χ2v) is 7.08. The van der Waals surface area contributed by atoms with E-state index in [9.17, 15) is 9.59 Å². The van der Waals surface area contributed by atoms with Crippen molar-refractivity contribution in [3.8, 4) is 0 Å². The minimum absolute atomic E-state index is 0.0902. The van der Waals surface area contributed by atoms with Crippen molar-refractivity contribution in [1.29, 1.82) is 0 Å². The number of likely N-dealkylation sites (tertiary alicyclic amines) is 1. The summed E-state index contributed by atoms with van der Waals surface area (Å²) in [5.74, 6) is 0.0790. The van der Waals surface area contributed by atoms with Gasteiger partial charge in [-0.15, -0.1) is 0 Å². The molecule has 134 valence electrons. The summed E-state index contributed by atoms with van der Waals surface area (Å²) in [6, 6.07) is 13.7. The summed E-state index contributed by atoms with van der Waals surface area (Å²) in [5, 5.41) is 2.96. The van der Waals surface area contributed by atoms with Gasteiger partial charge in [0, 0.05) is 30.3 Å². The average Bonchev–Trinajstić information content (AvgIpc) is 3.02. The Morgan fingerprint density at radius 3 is 2.96 bits per heavy atom. The third-order valence-electron chi connectivity index (χ3n) is 5.16. The van der Waals surface area contributed by atoms with Crippen molar-refractivity contribution in [1.82, 2.24) is 4.90 Å². The van der Waals surface area contributed by atoms with Crippen LogP contribution >= 0.6 is 0 Å². The number of rotatable bonds is 2. The number of benzene rings is 2. The van der Waals surface area contributed by atoms with Gasteiger partial charge in [0.2, 0.25) is 0 Å². The van der Waals surface area contributed by atoms with Gasteiger partial charge in [0.15, 0.2) is 0 Å². The maximum Gasteiger partial charge on any atom is 0.338 e. The molecule has 4 rings (SSSR count). The molecule has 5 nitrogen and oxygen atoms in total. The Hall–Kier alpha value is -2.82. The Morgan fingerprint density at radius 1 is 1.23 bits per heavy atom. The van der Waals surface area contributed by atoms with Gasteiger partial charge < -0.3 is 15.0 Å². The Labute approximate surface area is 153 Å². The molecule has 0 bridgehead atoms. The molecule has 2 aliphatic heterocycles. The van der Waals surface area contributed by atoms with Crippen molar-refractivity contribution in [2.75, 3.05) is 18.4 Å². The van der Waals surface area contributed by atoms with Crippen LogP contribution in [-0.2, 0) is 11.3 Å². The Balaban J connectivity index is 1.44. The van der Waals surface area contributed by atoms with E-state index in [0.717, 1.165) is 31.5 Å². The van der Waals surface area contributed by atoms with E-state index < -0.39 is 0 Å². The Bertz CT molecular complexity index is 862. The number of piperidine rings is 1. The highest BCUT2D eigenvalue weighted by Crippen LogP contribution is 2.28. The summed E-state index contributed by atoms with van der Waals surface area (Å²) in [6.45, 7) is 3.86. The third kappa shape index (κ3) is 3.29. The van der Waals surface area contributed by atoms with Gasteiger partial charge in [0.1, 0.15) is 6.61 Å². The van der Waals surface area contributed by atoms with E-state index in [-0.39, 0.29) is 18.6 Å². The van der Waals surface area contributed by atoms with Crippen molar-refractivity contribution in [2.24, 2.45) is 0 Å². The van der Waals surface area contributed by atoms with Crippen LogP contribution in [0.4, 0.5) is 10.5 Å². The highest BCUT2D eigenvalue weighted by molar-refractivity contribution is 5.95. The molecule has 0 radical (unpaired) electrons. The van der Waals surface area contributed by atoms with Gasteiger partial charge in [-0.2, -0.15) is 0 Å². The van der Waals surface area contributed by atoms with E-state index >= 15 is 0 Å².